The van der Waals surface area contributed by atoms with E-state index < -0.39 is 5.60 Å². The third-order valence-electron chi connectivity index (χ3n) is 2.66. The van der Waals surface area contributed by atoms with Gasteiger partial charge in [0.2, 0.25) is 0 Å². The number of nitrogens with one attached hydrogen (secondary N) is 1. The molecule has 2 saturated heterocycles. The zero-order chi connectivity index (χ0) is 8.60. The van der Waals surface area contributed by atoms with Gasteiger partial charge in [-0.25, -0.2) is 0 Å². The molecule has 1 amide bonds. The van der Waals surface area contributed by atoms with Crippen LogP contribution in [0.1, 0.15) is 6.42 Å². The molecule has 0 aromatic rings. The molecule has 4 nitrogen and oxygen atoms in total. The Morgan fingerprint density at radius 2 is 2.50 bits per heavy atom. The second kappa shape index (κ2) is 2.71. The van der Waals surface area contributed by atoms with Crippen LogP contribution in [-0.4, -0.2) is 49.7 Å². The van der Waals surface area contributed by atoms with Crippen molar-refractivity contribution in [3.05, 3.63) is 0 Å². The van der Waals surface area contributed by atoms with Crippen LogP contribution in [0.2, 0.25) is 0 Å². The van der Waals surface area contributed by atoms with Crippen LogP contribution < -0.4 is 5.32 Å². The molecule has 0 aliphatic carbocycles. The summed E-state index contributed by atoms with van der Waals surface area (Å²) in [7, 11) is 1.84. The van der Waals surface area contributed by atoms with Gasteiger partial charge in [0.1, 0.15) is 0 Å². The second-order valence-corrected chi connectivity index (χ2v) is 3.50. The lowest BCUT2D eigenvalue weighted by Crippen LogP contribution is -2.56. The van der Waals surface area contributed by atoms with E-state index in [1.807, 2.05) is 7.05 Å². The van der Waals surface area contributed by atoms with E-state index in [0.717, 1.165) is 19.5 Å². The Labute approximate surface area is 71.9 Å². The Morgan fingerprint density at radius 3 is 3.17 bits per heavy atom. The first-order chi connectivity index (χ1) is 5.75. The van der Waals surface area contributed by atoms with Gasteiger partial charge < -0.3 is 15.0 Å². The maximum atomic E-state index is 11.7. The summed E-state index contributed by atoms with van der Waals surface area (Å²) in [4.78, 5) is 13.5. The minimum absolute atomic E-state index is 0.138. The molecule has 0 aromatic heterocycles. The van der Waals surface area contributed by atoms with Crippen molar-refractivity contribution in [1.29, 1.82) is 0 Å². The summed E-state index contributed by atoms with van der Waals surface area (Å²) in [6, 6.07) is 0. The largest absolute Gasteiger partial charge is 0.362 e. The molecule has 2 aliphatic rings. The minimum atomic E-state index is -0.521. The summed E-state index contributed by atoms with van der Waals surface area (Å²) in [5.74, 6) is 0.138. The van der Waals surface area contributed by atoms with E-state index >= 15 is 0 Å². The molecule has 0 saturated carbocycles. The summed E-state index contributed by atoms with van der Waals surface area (Å²) in [6.07, 6.45) is 0.816. The molecule has 2 heterocycles. The number of hydrogen-bond donors (Lipinski definition) is 1. The molecule has 2 fully saturated rings. The van der Waals surface area contributed by atoms with Crippen LogP contribution in [0.5, 0.6) is 0 Å². The van der Waals surface area contributed by atoms with E-state index in [-0.39, 0.29) is 5.91 Å². The van der Waals surface area contributed by atoms with Gasteiger partial charge in [-0.15, -0.1) is 0 Å². The number of morpholine rings is 1. The fourth-order valence-corrected chi connectivity index (χ4v) is 1.86. The monoisotopic (exact) mass is 170 g/mol. The van der Waals surface area contributed by atoms with Crippen molar-refractivity contribution < 1.29 is 9.53 Å². The van der Waals surface area contributed by atoms with Crippen molar-refractivity contribution >= 4 is 5.91 Å². The predicted octanol–water partition coefficient (Wildman–Crippen LogP) is -0.793. The lowest BCUT2D eigenvalue weighted by Gasteiger charge is -2.36. The van der Waals surface area contributed by atoms with Crippen molar-refractivity contribution in [1.82, 2.24) is 10.2 Å². The van der Waals surface area contributed by atoms with Crippen LogP contribution >= 0.6 is 0 Å². The number of amides is 1. The molecular formula is C8H14N2O2. The summed E-state index contributed by atoms with van der Waals surface area (Å²) in [5.41, 5.74) is -0.521. The van der Waals surface area contributed by atoms with E-state index in [4.69, 9.17) is 4.74 Å². The number of ether oxygens (including phenoxy) is 1. The van der Waals surface area contributed by atoms with Crippen LogP contribution in [0.4, 0.5) is 0 Å². The second-order valence-electron chi connectivity index (χ2n) is 3.50. The van der Waals surface area contributed by atoms with Gasteiger partial charge in [-0.3, -0.25) is 4.79 Å². The van der Waals surface area contributed by atoms with E-state index in [9.17, 15) is 4.79 Å². The number of likely N-dealkylation sites (N-methyl/N-ethyl adjacent to an activating group) is 1. The molecule has 0 bridgehead atoms. The highest BCUT2D eigenvalue weighted by molar-refractivity contribution is 5.86. The van der Waals surface area contributed by atoms with Crippen molar-refractivity contribution in [2.45, 2.75) is 12.0 Å². The van der Waals surface area contributed by atoms with Gasteiger partial charge in [0.15, 0.2) is 5.60 Å². The average molecular weight is 170 g/mol. The van der Waals surface area contributed by atoms with E-state index in [2.05, 4.69) is 5.32 Å². The Balaban J connectivity index is 2.17. The van der Waals surface area contributed by atoms with E-state index in [1.165, 1.54) is 0 Å². The fraction of sp³-hybridized carbons (Fsp3) is 0.875. The molecule has 4 heteroatoms. The molecule has 68 valence electrons. The maximum absolute atomic E-state index is 11.7. The van der Waals surface area contributed by atoms with Crippen LogP contribution in [0.3, 0.4) is 0 Å². The van der Waals surface area contributed by atoms with Gasteiger partial charge in [-0.1, -0.05) is 0 Å². The van der Waals surface area contributed by atoms with Gasteiger partial charge in [-0.2, -0.15) is 0 Å². The summed E-state index contributed by atoms with van der Waals surface area (Å²) >= 11 is 0. The fourth-order valence-electron chi connectivity index (χ4n) is 1.86. The van der Waals surface area contributed by atoms with Gasteiger partial charge in [0.25, 0.3) is 5.91 Å². The third kappa shape index (κ3) is 1.03. The number of nitrogens with zero attached hydrogens (tertiary/aromatic N) is 1. The van der Waals surface area contributed by atoms with Crippen LogP contribution in [-0.2, 0) is 9.53 Å². The van der Waals surface area contributed by atoms with Crippen LogP contribution in [0.15, 0.2) is 0 Å². The SMILES string of the molecule is CN1CCOC2(CCNC2)C1=O. The quantitative estimate of drug-likeness (QED) is 0.518. The molecule has 1 spiro atoms. The normalized spacial score (nSPS) is 36.4. The Kier molecular flexibility index (Phi) is 1.81. The number of hydrogen-bond acceptors (Lipinski definition) is 3. The molecule has 1 unspecified atom stereocenters. The number of rotatable bonds is 0. The molecule has 0 aromatic carbocycles. The molecular weight excluding hydrogens is 156 g/mol. The first-order valence-electron chi connectivity index (χ1n) is 4.35. The van der Waals surface area contributed by atoms with Gasteiger partial charge in [-0.05, 0) is 13.0 Å². The Bertz CT molecular complexity index is 199. The van der Waals surface area contributed by atoms with Crippen molar-refractivity contribution in [2.75, 3.05) is 33.3 Å². The van der Waals surface area contributed by atoms with Crippen molar-refractivity contribution in [2.24, 2.45) is 0 Å². The zero-order valence-electron chi connectivity index (χ0n) is 7.30. The summed E-state index contributed by atoms with van der Waals surface area (Å²) < 4.78 is 5.56. The Hall–Kier alpha value is -0.610. The molecule has 0 radical (unpaired) electrons. The number of carbonyl (C=O) groups excluding carboxylic acids is 1. The van der Waals surface area contributed by atoms with Gasteiger partial charge in [0.05, 0.1) is 6.61 Å². The minimum Gasteiger partial charge on any atom is -0.362 e. The molecule has 2 rings (SSSR count). The van der Waals surface area contributed by atoms with Crippen molar-refractivity contribution in [3.63, 3.8) is 0 Å². The summed E-state index contributed by atoms with van der Waals surface area (Å²) in [5, 5.41) is 3.16. The lowest BCUT2D eigenvalue weighted by atomic mass is 10.00. The van der Waals surface area contributed by atoms with E-state index in [0.29, 0.717) is 13.2 Å². The third-order valence-corrected chi connectivity index (χ3v) is 2.66. The highest BCUT2D eigenvalue weighted by atomic mass is 16.5. The lowest BCUT2D eigenvalue weighted by molar-refractivity contribution is -0.166. The summed E-state index contributed by atoms with van der Waals surface area (Å²) in [6.45, 7) is 2.96. The molecule has 1 N–H and O–H groups in total. The first kappa shape index (κ1) is 8.01. The van der Waals surface area contributed by atoms with Crippen LogP contribution in [0.25, 0.3) is 0 Å². The van der Waals surface area contributed by atoms with Crippen LogP contribution in [0, 0.1) is 0 Å². The van der Waals surface area contributed by atoms with Gasteiger partial charge in [0, 0.05) is 20.1 Å². The standard InChI is InChI=1S/C8H14N2O2/c1-10-4-5-12-8(7(10)11)2-3-9-6-8/h9H,2-6H2,1H3. The van der Waals surface area contributed by atoms with Gasteiger partial charge >= 0.3 is 0 Å². The average Bonchev–Trinajstić information content (AvgIpc) is 2.50. The predicted molar refractivity (Wildman–Crippen MR) is 43.8 cm³/mol. The van der Waals surface area contributed by atoms with Crippen molar-refractivity contribution in [3.8, 4) is 0 Å². The maximum Gasteiger partial charge on any atom is 0.256 e. The highest BCUT2D eigenvalue weighted by Gasteiger charge is 2.46. The highest BCUT2D eigenvalue weighted by Crippen LogP contribution is 2.25. The zero-order valence-corrected chi connectivity index (χ0v) is 7.30. The molecule has 2 aliphatic heterocycles. The smallest absolute Gasteiger partial charge is 0.256 e. The first-order valence-corrected chi connectivity index (χ1v) is 4.35. The molecule has 12 heavy (non-hydrogen) atoms. The number of carbonyl (C=O) groups is 1. The topological polar surface area (TPSA) is 41.6 Å². The molecule has 1 atom stereocenters. The Morgan fingerprint density at radius 1 is 1.67 bits per heavy atom. The van der Waals surface area contributed by atoms with E-state index in [1.54, 1.807) is 4.90 Å².